The highest BCUT2D eigenvalue weighted by molar-refractivity contribution is 5.94. The van der Waals surface area contributed by atoms with Crippen LogP contribution in [-0.2, 0) is 14.3 Å². The van der Waals surface area contributed by atoms with Gasteiger partial charge in [0.2, 0.25) is 0 Å². The number of nitrogens with zero attached hydrogens (tertiary/aromatic N) is 1. The summed E-state index contributed by atoms with van der Waals surface area (Å²) in [6.45, 7) is 6.33. The Bertz CT molecular complexity index is 353. The monoisotopic (exact) mass is 327 g/mol. The van der Waals surface area contributed by atoms with E-state index in [0.717, 1.165) is 70.9 Å². The van der Waals surface area contributed by atoms with Crippen LogP contribution in [0.1, 0.15) is 71.6 Å². The molecule has 2 atom stereocenters. The maximum absolute atomic E-state index is 12.3. The number of hydrogen-bond acceptors (Lipinski definition) is 4. The van der Waals surface area contributed by atoms with Crippen molar-refractivity contribution in [3.8, 4) is 0 Å². The molecule has 5 heteroatoms. The summed E-state index contributed by atoms with van der Waals surface area (Å²) in [5.74, 6) is -2.65. The summed E-state index contributed by atoms with van der Waals surface area (Å²) in [7, 11) is 0. The number of esters is 1. The Balaban J connectivity index is 2.63. The molecule has 0 aromatic carbocycles. The highest BCUT2D eigenvalue weighted by Gasteiger charge is 2.39. The lowest BCUT2D eigenvalue weighted by Crippen LogP contribution is -2.46. The average molecular weight is 327 g/mol. The van der Waals surface area contributed by atoms with E-state index < -0.39 is 17.9 Å². The van der Waals surface area contributed by atoms with Crippen LogP contribution in [0.15, 0.2) is 0 Å². The molecule has 1 fully saturated rings. The van der Waals surface area contributed by atoms with Gasteiger partial charge in [-0.1, -0.05) is 46.0 Å². The molecule has 2 unspecified atom stereocenters. The van der Waals surface area contributed by atoms with E-state index in [1.807, 2.05) is 0 Å². The zero-order chi connectivity index (χ0) is 17.1. The molecule has 1 aliphatic rings. The fourth-order valence-corrected chi connectivity index (χ4v) is 3.26. The van der Waals surface area contributed by atoms with E-state index in [4.69, 9.17) is 4.74 Å². The van der Waals surface area contributed by atoms with Gasteiger partial charge in [-0.25, -0.2) is 0 Å². The molecule has 0 amide bonds. The van der Waals surface area contributed by atoms with Crippen LogP contribution in [-0.4, -0.2) is 47.7 Å². The first-order valence-corrected chi connectivity index (χ1v) is 9.25. The largest absolute Gasteiger partial charge is 0.481 e. The van der Waals surface area contributed by atoms with Crippen molar-refractivity contribution < 1.29 is 19.4 Å². The number of ether oxygens (including phenoxy) is 1. The van der Waals surface area contributed by atoms with Gasteiger partial charge in [0, 0.05) is 6.04 Å². The van der Waals surface area contributed by atoms with E-state index in [1.165, 1.54) is 0 Å². The van der Waals surface area contributed by atoms with Crippen molar-refractivity contribution in [3.05, 3.63) is 0 Å². The van der Waals surface area contributed by atoms with Crippen LogP contribution in [0.2, 0.25) is 0 Å². The molecule has 0 aromatic heterocycles. The van der Waals surface area contributed by atoms with Gasteiger partial charge in [0.05, 0.1) is 6.61 Å². The molecule has 0 spiro atoms. The molecular weight excluding hydrogens is 294 g/mol. The predicted octanol–water partition coefficient (Wildman–Crippen LogP) is 3.47. The van der Waals surface area contributed by atoms with Crippen molar-refractivity contribution in [2.75, 3.05) is 19.7 Å². The summed E-state index contributed by atoms with van der Waals surface area (Å²) in [4.78, 5) is 26.2. The van der Waals surface area contributed by atoms with E-state index in [9.17, 15) is 14.7 Å². The highest BCUT2D eigenvalue weighted by Crippen LogP contribution is 2.24. The number of hydrogen-bond donors (Lipinski definition) is 1. The van der Waals surface area contributed by atoms with Crippen LogP contribution in [0.3, 0.4) is 0 Å². The van der Waals surface area contributed by atoms with Gasteiger partial charge in [-0.05, 0) is 38.8 Å². The summed E-state index contributed by atoms with van der Waals surface area (Å²) in [6, 6.07) is -0.224. The molecule has 0 saturated carbocycles. The number of unbranched alkanes of at least 4 members (excludes halogenated alkanes) is 4. The third kappa shape index (κ3) is 6.90. The van der Waals surface area contributed by atoms with E-state index in [1.54, 1.807) is 0 Å². The first-order chi connectivity index (χ1) is 11.1. The molecule has 134 valence electrons. The number of carboxylic acid groups (broad SMARTS) is 1. The van der Waals surface area contributed by atoms with Crippen molar-refractivity contribution in [2.45, 2.75) is 77.7 Å². The Kier molecular flexibility index (Phi) is 9.92. The zero-order valence-electron chi connectivity index (χ0n) is 14.8. The van der Waals surface area contributed by atoms with Gasteiger partial charge < -0.3 is 9.84 Å². The van der Waals surface area contributed by atoms with Crippen molar-refractivity contribution in [1.29, 1.82) is 0 Å². The van der Waals surface area contributed by atoms with Crippen LogP contribution < -0.4 is 0 Å². The SMILES string of the molecule is CCCCCCOC(=O)C(C(=O)O)C(CCCC)N1CCCC1. The first kappa shape index (κ1) is 19.9. The summed E-state index contributed by atoms with van der Waals surface area (Å²) >= 11 is 0. The van der Waals surface area contributed by atoms with E-state index in [-0.39, 0.29) is 6.04 Å². The Hall–Kier alpha value is -1.10. The quantitative estimate of drug-likeness (QED) is 0.338. The van der Waals surface area contributed by atoms with Crippen LogP contribution in [0.25, 0.3) is 0 Å². The van der Waals surface area contributed by atoms with Gasteiger partial charge in [-0.3, -0.25) is 14.5 Å². The number of carboxylic acids is 1. The molecule has 1 heterocycles. The smallest absolute Gasteiger partial charge is 0.321 e. The second-order valence-corrected chi connectivity index (χ2v) is 6.50. The molecular formula is C18H33NO4. The van der Waals surface area contributed by atoms with E-state index in [0.29, 0.717) is 6.61 Å². The molecule has 0 aliphatic carbocycles. The van der Waals surface area contributed by atoms with Crippen molar-refractivity contribution >= 4 is 11.9 Å². The maximum atomic E-state index is 12.3. The number of aliphatic carboxylic acids is 1. The highest BCUT2D eigenvalue weighted by atomic mass is 16.5. The Morgan fingerprint density at radius 2 is 1.70 bits per heavy atom. The van der Waals surface area contributed by atoms with Crippen molar-refractivity contribution in [2.24, 2.45) is 5.92 Å². The van der Waals surface area contributed by atoms with E-state index >= 15 is 0 Å². The lowest BCUT2D eigenvalue weighted by Gasteiger charge is -2.31. The topological polar surface area (TPSA) is 66.8 Å². The van der Waals surface area contributed by atoms with Crippen LogP contribution in [0, 0.1) is 5.92 Å². The summed E-state index contributed by atoms with van der Waals surface area (Å²) in [5.41, 5.74) is 0. The molecule has 0 bridgehead atoms. The van der Waals surface area contributed by atoms with Crippen molar-refractivity contribution in [3.63, 3.8) is 0 Å². The predicted molar refractivity (Wildman–Crippen MR) is 90.3 cm³/mol. The Labute approximate surface area is 140 Å². The van der Waals surface area contributed by atoms with Crippen LogP contribution >= 0.6 is 0 Å². The van der Waals surface area contributed by atoms with Crippen LogP contribution in [0.5, 0.6) is 0 Å². The second-order valence-electron chi connectivity index (χ2n) is 6.50. The van der Waals surface area contributed by atoms with Gasteiger partial charge in [0.15, 0.2) is 5.92 Å². The fourth-order valence-electron chi connectivity index (χ4n) is 3.26. The summed E-state index contributed by atoms with van der Waals surface area (Å²) in [6.07, 6.45) is 8.94. The molecule has 0 aromatic rings. The molecule has 23 heavy (non-hydrogen) atoms. The standard InChI is InChI=1S/C18H33NO4/c1-3-5-7-10-14-23-18(22)16(17(20)21)15(11-6-4-2)19-12-8-9-13-19/h15-16H,3-14H2,1-2H3,(H,20,21). The van der Waals surface area contributed by atoms with Gasteiger partial charge in [-0.15, -0.1) is 0 Å². The molecule has 1 saturated heterocycles. The summed E-state index contributed by atoms with van der Waals surface area (Å²) < 4.78 is 5.29. The minimum atomic E-state index is -1.05. The Morgan fingerprint density at radius 1 is 1.04 bits per heavy atom. The number of likely N-dealkylation sites (tertiary alicyclic amines) is 1. The lowest BCUT2D eigenvalue weighted by atomic mass is 9.93. The number of carbonyl (C=O) groups is 2. The second kappa shape index (κ2) is 11.4. The maximum Gasteiger partial charge on any atom is 0.321 e. The van der Waals surface area contributed by atoms with Gasteiger partial charge in [0.25, 0.3) is 0 Å². The van der Waals surface area contributed by atoms with Gasteiger partial charge >= 0.3 is 11.9 Å². The average Bonchev–Trinajstić information content (AvgIpc) is 3.04. The van der Waals surface area contributed by atoms with Gasteiger partial charge in [0.1, 0.15) is 0 Å². The summed E-state index contributed by atoms with van der Waals surface area (Å²) in [5, 5.41) is 9.59. The van der Waals surface area contributed by atoms with Crippen molar-refractivity contribution in [1.82, 2.24) is 4.90 Å². The molecule has 1 N–H and O–H groups in total. The van der Waals surface area contributed by atoms with E-state index in [2.05, 4.69) is 18.7 Å². The minimum Gasteiger partial charge on any atom is -0.481 e. The molecule has 0 radical (unpaired) electrons. The lowest BCUT2D eigenvalue weighted by molar-refractivity contribution is -0.162. The van der Waals surface area contributed by atoms with Crippen LogP contribution in [0.4, 0.5) is 0 Å². The third-order valence-electron chi connectivity index (χ3n) is 4.61. The minimum absolute atomic E-state index is 0.224. The normalized spacial score (nSPS) is 17.8. The Morgan fingerprint density at radius 3 is 2.26 bits per heavy atom. The molecule has 5 nitrogen and oxygen atoms in total. The first-order valence-electron chi connectivity index (χ1n) is 9.25. The van der Waals surface area contributed by atoms with Gasteiger partial charge in [-0.2, -0.15) is 0 Å². The third-order valence-corrected chi connectivity index (χ3v) is 4.61. The zero-order valence-corrected chi connectivity index (χ0v) is 14.8. The number of rotatable bonds is 12. The molecule has 1 aliphatic heterocycles. The fraction of sp³-hybridized carbons (Fsp3) is 0.889. The number of carbonyl (C=O) groups excluding carboxylic acids is 1. The molecule has 1 rings (SSSR count).